The van der Waals surface area contributed by atoms with E-state index in [0.717, 1.165) is 14.9 Å². The van der Waals surface area contributed by atoms with Crippen molar-refractivity contribution >= 4 is 45.2 Å². The molecule has 0 saturated heterocycles. The van der Waals surface area contributed by atoms with Crippen molar-refractivity contribution in [3.05, 3.63) is 6.33 Å². The number of carbonyl (C=O) groups is 1. The van der Waals surface area contributed by atoms with Crippen molar-refractivity contribution in [1.82, 2.24) is 15.0 Å². The highest BCUT2D eigenvalue weighted by Gasteiger charge is 2.14. The van der Waals surface area contributed by atoms with Crippen LogP contribution in [0.25, 0.3) is 10.3 Å². The lowest BCUT2D eigenvalue weighted by atomic mass is 10.4. The Morgan fingerprint density at radius 2 is 2.33 bits per heavy atom. The van der Waals surface area contributed by atoms with Crippen LogP contribution in [0.4, 0.5) is 5.82 Å². The lowest BCUT2D eigenvalue weighted by Gasteiger charge is -2.16. The van der Waals surface area contributed by atoms with Gasteiger partial charge in [0, 0.05) is 13.6 Å². The smallest absolute Gasteiger partial charge is 0.305 e. The van der Waals surface area contributed by atoms with Gasteiger partial charge in [-0.25, -0.2) is 15.0 Å². The minimum absolute atomic E-state index is 0.0795. The number of aliphatic carboxylic acids is 1. The Morgan fingerprint density at radius 3 is 3.00 bits per heavy atom. The number of carboxylic acids is 1. The minimum atomic E-state index is -0.818. The van der Waals surface area contributed by atoms with Crippen LogP contribution in [0.2, 0.25) is 0 Å². The Labute approximate surface area is 112 Å². The van der Waals surface area contributed by atoms with Crippen molar-refractivity contribution < 1.29 is 9.90 Å². The zero-order chi connectivity index (χ0) is 13.1. The van der Waals surface area contributed by atoms with Crippen LogP contribution in [-0.2, 0) is 4.79 Å². The monoisotopic (exact) mass is 284 g/mol. The Bertz CT molecular complexity index is 572. The molecule has 0 aliphatic heterocycles. The molecular formula is C10H12N4O2S2. The van der Waals surface area contributed by atoms with Crippen molar-refractivity contribution in [3.8, 4) is 0 Å². The molecule has 6 nitrogen and oxygen atoms in total. The Morgan fingerprint density at radius 1 is 1.56 bits per heavy atom. The predicted molar refractivity (Wildman–Crippen MR) is 72.5 cm³/mol. The van der Waals surface area contributed by atoms with Crippen LogP contribution in [-0.4, -0.2) is 45.9 Å². The number of carboxylic acid groups (broad SMARTS) is 1. The number of hydrogen-bond acceptors (Lipinski definition) is 7. The van der Waals surface area contributed by atoms with Crippen LogP contribution >= 0.6 is 23.1 Å². The van der Waals surface area contributed by atoms with Gasteiger partial charge >= 0.3 is 5.97 Å². The maximum Gasteiger partial charge on any atom is 0.305 e. The third-order valence-electron chi connectivity index (χ3n) is 2.35. The van der Waals surface area contributed by atoms with Crippen LogP contribution in [0, 0.1) is 0 Å². The van der Waals surface area contributed by atoms with E-state index in [4.69, 9.17) is 5.11 Å². The third-order valence-corrected chi connectivity index (χ3v) is 4.38. The molecule has 2 heterocycles. The molecule has 0 aliphatic carbocycles. The zero-order valence-corrected chi connectivity index (χ0v) is 11.6. The number of hydrogen-bond donors (Lipinski definition) is 1. The Kier molecular flexibility index (Phi) is 3.97. The molecule has 0 fully saturated rings. The summed E-state index contributed by atoms with van der Waals surface area (Å²) in [6, 6.07) is 0. The van der Waals surface area contributed by atoms with E-state index in [-0.39, 0.29) is 6.42 Å². The molecule has 2 rings (SSSR count). The van der Waals surface area contributed by atoms with Gasteiger partial charge in [0.2, 0.25) is 0 Å². The number of rotatable bonds is 5. The lowest BCUT2D eigenvalue weighted by molar-refractivity contribution is -0.136. The molecule has 0 radical (unpaired) electrons. The van der Waals surface area contributed by atoms with Gasteiger partial charge in [0.1, 0.15) is 11.0 Å². The summed E-state index contributed by atoms with van der Waals surface area (Å²) in [5.74, 6) is -0.0830. The minimum Gasteiger partial charge on any atom is -0.481 e. The zero-order valence-electron chi connectivity index (χ0n) is 9.95. The number of aromatic nitrogens is 3. The summed E-state index contributed by atoms with van der Waals surface area (Å²) in [7, 11) is 1.82. The van der Waals surface area contributed by atoms with Gasteiger partial charge in [0.25, 0.3) is 0 Å². The van der Waals surface area contributed by atoms with E-state index in [1.807, 2.05) is 18.2 Å². The van der Waals surface area contributed by atoms with Crippen molar-refractivity contribution in [2.75, 3.05) is 24.7 Å². The van der Waals surface area contributed by atoms with Crippen molar-refractivity contribution in [2.24, 2.45) is 0 Å². The molecule has 0 atom stereocenters. The molecule has 0 spiro atoms. The predicted octanol–water partition coefficient (Wildman–Crippen LogP) is 1.72. The van der Waals surface area contributed by atoms with E-state index in [0.29, 0.717) is 12.2 Å². The molecule has 0 aromatic carbocycles. The molecule has 0 unspecified atom stereocenters. The summed E-state index contributed by atoms with van der Waals surface area (Å²) in [6.45, 7) is 0.411. The summed E-state index contributed by atoms with van der Waals surface area (Å²) < 4.78 is 1.83. The highest BCUT2D eigenvalue weighted by atomic mass is 32.2. The van der Waals surface area contributed by atoms with Crippen LogP contribution in [0.1, 0.15) is 6.42 Å². The first-order chi connectivity index (χ1) is 8.61. The lowest BCUT2D eigenvalue weighted by Crippen LogP contribution is -2.22. The summed E-state index contributed by atoms with van der Waals surface area (Å²) >= 11 is 3.08. The maximum atomic E-state index is 10.6. The molecule has 2 aromatic rings. The number of thioether (sulfide) groups is 1. The SMILES string of the molecule is CSc1nc2ncnc(N(C)CCC(=O)O)c2s1. The molecule has 1 N–H and O–H groups in total. The molecule has 8 heteroatoms. The third kappa shape index (κ3) is 2.70. The highest BCUT2D eigenvalue weighted by molar-refractivity contribution is 8.00. The van der Waals surface area contributed by atoms with Crippen LogP contribution in [0.3, 0.4) is 0 Å². The maximum absolute atomic E-state index is 10.6. The first kappa shape index (κ1) is 13.0. The van der Waals surface area contributed by atoms with Gasteiger partial charge in [-0.05, 0) is 6.26 Å². The van der Waals surface area contributed by atoms with E-state index in [1.165, 1.54) is 17.7 Å². The standard InChI is InChI=1S/C10H12N4O2S2/c1-14(4-3-6(15)16)9-7-8(11-5-12-9)13-10(17-2)18-7/h5H,3-4H2,1-2H3,(H,15,16). The van der Waals surface area contributed by atoms with Gasteiger partial charge in [-0.1, -0.05) is 11.8 Å². The fourth-order valence-corrected chi connectivity index (χ4v) is 3.01. The molecule has 0 saturated carbocycles. The summed E-state index contributed by atoms with van der Waals surface area (Å²) in [4.78, 5) is 25.1. The van der Waals surface area contributed by atoms with Crippen LogP contribution < -0.4 is 4.90 Å². The van der Waals surface area contributed by atoms with Gasteiger partial charge in [-0.15, -0.1) is 11.3 Å². The summed E-state index contributed by atoms with van der Waals surface area (Å²) in [5, 5.41) is 8.69. The number of thiazole rings is 1. The molecule has 96 valence electrons. The van der Waals surface area contributed by atoms with E-state index in [9.17, 15) is 4.79 Å². The van der Waals surface area contributed by atoms with Gasteiger partial charge in [-0.2, -0.15) is 0 Å². The number of nitrogens with zero attached hydrogens (tertiary/aromatic N) is 4. The second-order valence-electron chi connectivity index (χ2n) is 3.60. The van der Waals surface area contributed by atoms with Gasteiger partial charge in [0.05, 0.1) is 6.42 Å². The topological polar surface area (TPSA) is 79.2 Å². The molecule has 0 bridgehead atoms. The van der Waals surface area contributed by atoms with Crippen LogP contribution in [0.15, 0.2) is 10.7 Å². The van der Waals surface area contributed by atoms with Gasteiger partial charge < -0.3 is 10.0 Å². The average molecular weight is 284 g/mol. The van der Waals surface area contributed by atoms with Gasteiger partial charge in [-0.3, -0.25) is 4.79 Å². The second kappa shape index (κ2) is 5.49. The highest BCUT2D eigenvalue weighted by Crippen LogP contribution is 2.32. The average Bonchev–Trinajstić information content (AvgIpc) is 2.78. The quantitative estimate of drug-likeness (QED) is 0.837. The molecular weight excluding hydrogens is 272 g/mol. The van der Waals surface area contributed by atoms with Crippen molar-refractivity contribution in [1.29, 1.82) is 0 Å². The Hall–Kier alpha value is -1.41. The summed E-state index contributed by atoms with van der Waals surface area (Å²) in [5.41, 5.74) is 0.663. The van der Waals surface area contributed by atoms with E-state index >= 15 is 0 Å². The van der Waals surface area contributed by atoms with E-state index < -0.39 is 5.97 Å². The van der Waals surface area contributed by atoms with Crippen molar-refractivity contribution in [3.63, 3.8) is 0 Å². The number of anilines is 1. The van der Waals surface area contributed by atoms with E-state index in [1.54, 1.807) is 11.8 Å². The largest absolute Gasteiger partial charge is 0.481 e. The van der Waals surface area contributed by atoms with Crippen molar-refractivity contribution in [2.45, 2.75) is 10.8 Å². The molecule has 0 aliphatic rings. The molecule has 0 amide bonds. The first-order valence-corrected chi connectivity index (χ1v) is 7.24. The first-order valence-electron chi connectivity index (χ1n) is 5.20. The fraction of sp³-hybridized carbons (Fsp3) is 0.400. The van der Waals surface area contributed by atoms with Gasteiger partial charge in [0.15, 0.2) is 15.8 Å². The second-order valence-corrected chi connectivity index (χ2v) is 5.65. The normalized spacial score (nSPS) is 10.8. The molecule has 2 aromatic heterocycles. The van der Waals surface area contributed by atoms with E-state index in [2.05, 4.69) is 15.0 Å². The molecule has 18 heavy (non-hydrogen) atoms. The fourth-order valence-electron chi connectivity index (χ4n) is 1.45. The Balaban J connectivity index is 2.31. The summed E-state index contributed by atoms with van der Waals surface area (Å²) in [6.07, 6.45) is 3.49. The van der Waals surface area contributed by atoms with Crippen LogP contribution in [0.5, 0.6) is 0 Å². The number of fused-ring (bicyclic) bond motifs is 1.